The van der Waals surface area contributed by atoms with E-state index in [9.17, 15) is 4.79 Å². The molecule has 0 amide bonds. The van der Waals surface area contributed by atoms with Crippen molar-refractivity contribution in [2.24, 2.45) is 0 Å². The molecule has 4 nitrogen and oxygen atoms in total. The fraction of sp³-hybridized carbons (Fsp3) is 0.308. The van der Waals surface area contributed by atoms with Crippen LogP contribution in [0.3, 0.4) is 0 Å². The van der Waals surface area contributed by atoms with E-state index in [4.69, 9.17) is 0 Å². The van der Waals surface area contributed by atoms with Crippen LogP contribution in [0.15, 0.2) is 16.5 Å². The van der Waals surface area contributed by atoms with Crippen molar-refractivity contribution >= 4 is 33.1 Å². The quantitative estimate of drug-likeness (QED) is 0.729. The molecular formula is C13H13N3OS2. The number of thiophene rings is 1. The molecule has 6 heteroatoms. The van der Waals surface area contributed by atoms with Crippen LogP contribution in [0.4, 0.5) is 0 Å². The molecule has 19 heavy (non-hydrogen) atoms. The summed E-state index contributed by atoms with van der Waals surface area (Å²) in [5.74, 6) is 0. The number of hydrogen-bond acceptors (Lipinski definition) is 5. The first kappa shape index (κ1) is 12.5. The average molecular weight is 291 g/mol. The van der Waals surface area contributed by atoms with Crippen LogP contribution in [-0.4, -0.2) is 13.9 Å². The average Bonchev–Trinajstić information content (AvgIpc) is 2.91. The molecule has 3 aromatic heterocycles. The second kappa shape index (κ2) is 4.54. The molecule has 0 N–H and O–H groups in total. The van der Waals surface area contributed by atoms with E-state index in [0.717, 1.165) is 31.9 Å². The van der Waals surface area contributed by atoms with Gasteiger partial charge in [-0.25, -0.2) is 4.98 Å². The van der Waals surface area contributed by atoms with Crippen molar-refractivity contribution in [2.45, 2.75) is 27.3 Å². The Kier molecular flexibility index (Phi) is 2.99. The Labute approximate surface area is 118 Å². The van der Waals surface area contributed by atoms with Crippen molar-refractivity contribution in [3.05, 3.63) is 43.8 Å². The number of aromatic nitrogens is 3. The molecule has 0 atom stereocenters. The smallest absolute Gasteiger partial charge is 0.271 e. The van der Waals surface area contributed by atoms with Gasteiger partial charge in [-0.1, -0.05) is 0 Å². The Hall–Kier alpha value is -1.53. The molecule has 0 aliphatic rings. The fourth-order valence-electron chi connectivity index (χ4n) is 2.07. The van der Waals surface area contributed by atoms with Crippen LogP contribution in [0.1, 0.15) is 21.7 Å². The van der Waals surface area contributed by atoms with E-state index in [2.05, 4.69) is 9.36 Å². The van der Waals surface area contributed by atoms with E-state index in [-0.39, 0.29) is 5.56 Å². The maximum absolute atomic E-state index is 12.4. The van der Waals surface area contributed by atoms with Gasteiger partial charge >= 0.3 is 0 Å². The molecule has 0 radical (unpaired) electrons. The Morgan fingerprint density at radius 1 is 1.32 bits per heavy atom. The molecule has 0 saturated carbocycles. The molecule has 98 valence electrons. The zero-order chi connectivity index (χ0) is 13.6. The van der Waals surface area contributed by atoms with Gasteiger partial charge in [0.25, 0.3) is 5.56 Å². The summed E-state index contributed by atoms with van der Waals surface area (Å²) in [7, 11) is 0. The van der Waals surface area contributed by atoms with Gasteiger partial charge in [0, 0.05) is 10.4 Å². The summed E-state index contributed by atoms with van der Waals surface area (Å²) in [4.78, 5) is 18.0. The molecule has 0 aromatic carbocycles. The molecule has 0 fully saturated rings. The van der Waals surface area contributed by atoms with Gasteiger partial charge in [-0.2, -0.15) is 4.37 Å². The Morgan fingerprint density at radius 3 is 2.79 bits per heavy atom. The summed E-state index contributed by atoms with van der Waals surface area (Å²) in [6.07, 6.45) is 1.64. The maximum atomic E-state index is 12.4. The standard InChI is InChI=1S/C13H13N3OS2/c1-7-5-18-12-11(7)14-6-16(13(12)17)4-10-8(2)15-19-9(10)3/h5-6H,4H2,1-3H3. The Balaban J connectivity index is 2.12. The monoisotopic (exact) mass is 291 g/mol. The van der Waals surface area contributed by atoms with Crippen molar-refractivity contribution in [1.82, 2.24) is 13.9 Å². The number of rotatable bonds is 2. The predicted molar refractivity (Wildman–Crippen MR) is 79.3 cm³/mol. The highest BCUT2D eigenvalue weighted by Crippen LogP contribution is 2.21. The highest BCUT2D eigenvalue weighted by atomic mass is 32.1. The summed E-state index contributed by atoms with van der Waals surface area (Å²) < 4.78 is 6.72. The molecular weight excluding hydrogens is 278 g/mol. The van der Waals surface area contributed by atoms with Crippen LogP contribution in [0.5, 0.6) is 0 Å². The van der Waals surface area contributed by atoms with E-state index in [1.807, 2.05) is 26.2 Å². The van der Waals surface area contributed by atoms with Crippen LogP contribution in [0, 0.1) is 20.8 Å². The molecule has 0 aliphatic heterocycles. The van der Waals surface area contributed by atoms with Gasteiger partial charge in [0.2, 0.25) is 0 Å². The van der Waals surface area contributed by atoms with E-state index < -0.39 is 0 Å². The SMILES string of the molecule is Cc1nsc(C)c1Cn1cnc2c(C)csc2c1=O. The molecule has 3 heterocycles. The van der Waals surface area contributed by atoms with E-state index in [1.54, 1.807) is 10.9 Å². The van der Waals surface area contributed by atoms with Crippen molar-refractivity contribution < 1.29 is 0 Å². The lowest BCUT2D eigenvalue weighted by Gasteiger charge is -2.05. The molecule has 0 aliphatic carbocycles. The van der Waals surface area contributed by atoms with Crippen LogP contribution in [-0.2, 0) is 6.54 Å². The topological polar surface area (TPSA) is 47.8 Å². The lowest BCUT2D eigenvalue weighted by atomic mass is 10.2. The lowest BCUT2D eigenvalue weighted by Crippen LogP contribution is -2.20. The minimum absolute atomic E-state index is 0.0353. The van der Waals surface area contributed by atoms with Gasteiger partial charge in [-0.05, 0) is 43.2 Å². The van der Waals surface area contributed by atoms with E-state index >= 15 is 0 Å². The molecule has 0 bridgehead atoms. The van der Waals surface area contributed by atoms with Gasteiger partial charge in [0.15, 0.2) is 0 Å². The number of nitrogens with zero attached hydrogens (tertiary/aromatic N) is 3. The number of aryl methyl sites for hydroxylation is 3. The number of hydrogen-bond donors (Lipinski definition) is 0. The summed E-state index contributed by atoms with van der Waals surface area (Å²) in [6.45, 7) is 6.54. The van der Waals surface area contributed by atoms with Crippen molar-refractivity contribution in [1.29, 1.82) is 0 Å². The minimum Gasteiger partial charge on any atom is -0.293 e. The Bertz CT molecular complexity index is 794. The van der Waals surface area contributed by atoms with Gasteiger partial charge in [0.05, 0.1) is 24.1 Å². The van der Waals surface area contributed by atoms with Crippen molar-refractivity contribution in [3.8, 4) is 0 Å². The van der Waals surface area contributed by atoms with Crippen LogP contribution < -0.4 is 5.56 Å². The zero-order valence-electron chi connectivity index (χ0n) is 10.9. The highest BCUT2D eigenvalue weighted by Gasteiger charge is 2.12. The summed E-state index contributed by atoms with van der Waals surface area (Å²) in [5.41, 5.74) is 4.04. The maximum Gasteiger partial charge on any atom is 0.271 e. The van der Waals surface area contributed by atoms with Crippen LogP contribution in [0.25, 0.3) is 10.2 Å². The molecule has 0 unspecified atom stereocenters. The number of fused-ring (bicyclic) bond motifs is 1. The normalized spacial score (nSPS) is 11.3. The van der Waals surface area contributed by atoms with Gasteiger partial charge in [-0.3, -0.25) is 9.36 Å². The second-order valence-electron chi connectivity index (χ2n) is 4.58. The third-order valence-electron chi connectivity index (χ3n) is 3.23. The van der Waals surface area contributed by atoms with E-state index in [0.29, 0.717) is 6.54 Å². The van der Waals surface area contributed by atoms with E-state index in [1.165, 1.54) is 22.9 Å². The van der Waals surface area contributed by atoms with Gasteiger partial charge in [0.1, 0.15) is 4.70 Å². The largest absolute Gasteiger partial charge is 0.293 e. The Morgan fingerprint density at radius 2 is 2.11 bits per heavy atom. The van der Waals surface area contributed by atoms with Crippen LogP contribution in [0.2, 0.25) is 0 Å². The predicted octanol–water partition coefficient (Wildman–Crippen LogP) is 2.89. The first-order valence-corrected chi connectivity index (χ1v) is 7.58. The van der Waals surface area contributed by atoms with Crippen molar-refractivity contribution in [2.75, 3.05) is 0 Å². The first-order valence-electron chi connectivity index (χ1n) is 5.93. The van der Waals surface area contributed by atoms with Gasteiger partial charge in [-0.15, -0.1) is 11.3 Å². The van der Waals surface area contributed by atoms with Gasteiger partial charge < -0.3 is 0 Å². The summed E-state index contributed by atoms with van der Waals surface area (Å²) in [6, 6.07) is 0. The molecule has 0 saturated heterocycles. The van der Waals surface area contributed by atoms with Crippen molar-refractivity contribution in [3.63, 3.8) is 0 Å². The third-order valence-corrected chi connectivity index (χ3v) is 5.19. The fourth-order valence-corrected chi connectivity index (χ4v) is 3.73. The highest BCUT2D eigenvalue weighted by molar-refractivity contribution is 7.17. The third kappa shape index (κ3) is 2.01. The minimum atomic E-state index is 0.0353. The summed E-state index contributed by atoms with van der Waals surface area (Å²) >= 11 is 2.95. The second-order valence-corrected chi connectivity index (χ2v) is 6.43. The molecule has 3 aromatic rings. The van der Waals surface area contributed by atoms with Crippen LogP contribution >= 0.6 is 22.9 Å². The zero-order valence-corrected chi connectivity index (χ0v) is 12.6. The summed E-state index contributed by atoms with van der Waals surface area (Å²) in [5, 5.41) is 1.98. The molecule has 3 rings (SSSR count). The lowest BCUT2D eigenvalue weighted by molar-refractivity contribution is 0.743. The molecule has 0 spiro atoms. The first-order chi connectivity index (χ1) is 9.08.